The number of halogens is 1. The van der Waals surface area contributed by atoms with Crippen molar-refractivity contribution in [1.82, 2.24) is 40.2 Å². The number of nitrogens with one attached hydrogen (secondary N) is 1. The second-order valence-electron chi connectivity index (χ2n) is 11.3. The number of nitrogens with two attached hydrogens (primary N) is 1. The first-order chi connectivity index (χ1) is 21.9. The van der Waals surface area contributed by atoms with E-state index in [-0.39, 0.29) is 30.5 Å². The number of aromatic nitrogens is 6. The van der Waals surface area contributed by atoms with Gasteiger partial charge in [-0.1, -0.05) is 18.2 Å². The molecule has 2 amide bonds. The molecule has 7 rings (SSSR count). The summed E-state index contributed by atoms with van der Waals surface area (Å²) >= 11 is 0. The third kappa shape index (κ3) is 5.81. The number of likely N-dealkylation sites (tertiary alicyclic amines) is 1. The molecule has 0 saturated carbocycles. The Labute approximate surface area is 257 Å². The lowest BCUT2D eigenvalue weighted by Crippen LogP contribution is -2.40. The summed E-state index contributed by atoms with van der Waals surface area (Å²) in [5.74, 6) is -0.465. The van der Waals surface area contributed by atoms with Crippen molar-refractivity contribution in [2.24, 2.45) is 0 Å². The van der Waals surface area contributed by atoms with Crippen LogP contribution in [0.1, 0.15) is 49.0 Å². The maximum Gasteiger partial charge on any atom is 0.235 e. The Morgan fingerprint density at radius 1 is 0.956 bits per heavy atom. The lowest BCUT2D eigenvalue weighted by atomic mass is 9.94. The van der Waals surface area contributed by atoms with Crippen molar-refractivity contribution >= 4 is 28.7 Å². The minimum atomic E-state index is -0.813. The van der Waals surface area contributed by atoms with E-state index < -0.39 is 17.6 Å². The summed E-state index contributed by atoms with van der Waals surface area (Å²) in [6, 6.07) is 18.7. The number of hydrogen-bond acceptors (Lipinski definition) is 10. The summed E-state index contributed by atoms with van der Waals surface area (Å²) in [6.07, 6.45) is 3.40. The van der Waals surface area contributed by atoms with Gasteiger partial charge in [-0.25, -0.2) is 19.0 Å². The van der Waals surface area contributed by atoms with Gasteiger partial charge in [0.2, 0.25) is 11.8 Å². The van der Waals surface area contributed by atoms with Gasteiger partial charge in [0, 0.05) is 37.7 Å². The van der Waals surface area contributed by atoms with Crippen LogP contribution in [0.2, 0.25) is 0 Å². The van der Waals surface area contributed by atoms with Gasteiger partial charge < -0.3 is 10.5 Å². The van der Waals surface area contributed by atoms with Gasteiger partial charge in [0.05, 0.1) is 23.0 Å². The van der Waals surface area contributed by atoms with E-state index in [9.17, 15) is 14.0 Å². The predicted molar refractivity (Wildman–Crippen MR) is 162 cm³/mol. The van der Waals surface area contributed by atoms with E-state index in [0.717, 1.165) is 37.2 Å². The van der Waals surface area contributed by atoms with Crippen LogP contribution in [0.4, 0.5) is 10.2 Å². The Bertz CT molecular complexity index is 1870. The number of rotatable bonds is 7. The zero-order valence-corrected chi connectivity index (χ0v) is 24.3. The topological polar surface area (TPSA) is 154 Å². The summed E-state index contributed by atoms with van der Waals surface area (Å²) < 4.78 is 22.9. The number of amides is 2. The first-order valence-electron chi connectivity index (χ1n) is 14.8. The Kier molecular flexibility index (Phi) is 7.59. The molecule has 13 heteroatoms. The van der Waals surface area contributed by atoms with Gasteiger partial charge in [-0.3, -0.25) is 19.8 Å². The van der Waals surface area contributed by atoms with Crippen LogP contribution in [0.15, 0.2) is 67.0 Å². The predicted octanol–water partition coefficient (Wildman–Crippen LogP) is 4.15. The van der Waals surface area contributed by atoms with Crippen molar-refractivity contribution in [3.63, 3.8) is 0 Å². The fourth-order valence-corrected chi connectivity index (χ4v) is 5.99. The summed E-state index contributed by atoms with van der Waals surface area (Å²) in [5.41, 5.74) is 9.06. The molecule has 2 aliphatic rings. The van der Waals surface area contributed by atoms with E-state index >= 15 is 0 Å². The van der Waals surface area contributed by atoms with Crippen molar-refractivity contribution in [2.75, 3.05) is 18.8 Å². The quantitative estimate of drug-likeness (QED) is 0.258. The molecule has 0 aliphatic carbocycles. The second-order valence-corrected chi connectivity index (χ2v) is 11.3. The SMILES string of the molecule is Nc1ncnc2c1c(-c1ccc(Oc3ccccc3)cc1)nn2C1CCN(Cc2cc(F)c(C3CCC(=O)NC3=O)nn2)CC1. The molecule has 2 aliphatic heterocycles. The van der Waals surface area contributed by atoms with E-state index in [0.29, 0.717) is 40.5 Å². The minimum Gasteiger partial charge on any atom is -0.457 e. The van der Waals surface area contributed by atoms with Gasteiger partial charge in [0.1, 0.15) is 40.8 Å². The number of hydrogen-bond donors (Lipinski definition) is 2. The highest BCUT2D eigenvalue weighted by molar-refractivity contribution is 6.00. The molecule has 3 N–H and O–H groups in total. The Morgan fingerprint density at radius 3 is 2.44 bits per heavy atom. The number of piperidine rings is 2. The van der Waals surface area contributed by atoms with Crippen molar-refractivity contribution in [2.45, 2.75) is 44.2 Å². The monoisotopic (exact) mass is 607 g/mol. The zero-order valence-electron chi connectivity index (χ0n) is 24.3. The highest BCUT2D eigenvalue weighted by Crippen LogP contribution is 2.35. The molecule has 228 valence electrons. The van der Waals surface area contributed by atoms with Crippen LogP contribution in [0.5, 0.6) is 11.5 Å². The molecule has 2 aromatic carbocycles. The first-order valence-corrected chi connectivity index (χ1v) is 14.8. The number of carbonyl (C=O) groups is 2. The van der Waals surface area contributed by atoms with Crippen molar-refractivity contribution in [3.8, 4) is 22.8 Å². The number of carbonyl (C=O) groups excluding carboxylic acids is 2. The largest absolute Gasteiger partial charge is 0.457 e. The molecule has 2 saturated heterocycles. The number of imide groups is 1. The average Bonchev–Trinajstić information content (AvgIpc) is 3.44. The van der Waals surface area contributed by atoms with E-state index in [2.05, 4.69) is 30.4 Å². The third-order valence-electron chi connectivity index (χ3n) is 8.31. The molecule has 1 unspecified atom stereocenters. The minimum absolute atomic E-state index is 0.0246. The molecule has 0 radical (unpaired) electrons. The summed E-state index contributed by atoms with van der Waals surface area (Å²) in [4.78, 5) is 34.6. The number of ether oxygens (including phenoxy) is 1. The first kappa shape index (κ1) is 28.5. The summed E-state index contributed by atoms with van der Waals surface area (Å²) in [6.45, 7) is 1.88. The second kappa shape index (κ2) is 12.0. The highest BCUT2D eigenvalue weighted by Gasteiger charge is 2.32. The van der Waals surface area contributed by atoms with Gasteiger partial charge in [-0.05, 0) is 55.7 Å². The van der Waals surface area contributed by atoms with Crippen LogP contribution in [0.3, 0.4) is 0 Å². The molecule has 5 heterocycles. The summed E-state index contributed by atoms with van der Waals surface area (Å²) in [5, 5.41) is 16.2. The molecular formula is C32H30FN9O3. The lowest BCUT2D eigenvalue weighted by Gasteiger charge is -2.31. The lowest BCUT2D eigenvalue weighted by molar-refractivity contribution is -0.134. The van der Waals surface area contributed by atoms with Crippen LogP contribution in [-0.2, 0) is 16.1 Å². The van der Waals surface area contributed by atoms with E-state index in [1.807, 2.05) is 59.3 Å². The molecule has 3 aromatic heterocycles. The molecule has 12 nitrogen and oxygen atoms in total. The molecule has 5 aromatic rings. The normalized spacial score (nSPS) is 17.8. The van der Waals surface area contributed by atoms with Gasteiger partial charge in [0.15, 0.2) is 5.65 Å². The number of benzene rings is 2. The average molecular weight is 608 g/mol. The molecule has 1 atom stereocenters. The molecule has 45 heavy (non-hydrogen) atoms. The van der Waals surface area contributed by atoms with E-state index in [1.165, 1.54) is 12.4 Å². The zero-order chi connectivity index (χ0) is 30.9. The fraction of sp³-hybridized carbons (Fsp3) is 0.281. The van der Waals surface area contributed by atoms with Crippen LogP contribution < -0.4 is 15.8 Å². The van der Waals surface area contributed by atoms with Gasteiger partial charge in [0.25, 0.3) is 0 Å². The van der Waals surface area contributed by atoms with Crippen LogP contribution in [0, 0.1) is 5.82 Å². The number of anilines is 1. The van der Waals surface area contributed by atoms with E-state index in [1.54, 1.807) is 0 Å². The number of para-hydroxylation sites is 1. The maximum atomic E-state index is 15.0. The van der Waals surface area contributed by atoms with Gasteiger partial charge in [-0.2, -0.15) is 15.3 Å². The number of nitrogen functional groups attached to an aromatic ring is 1. The Hall–Kier alpha value is -5.30. The third-order valence-corrected chi connectivity index (χ3v) is 8.31. The van der Waals surface area contributed by atoms with E-state index in [4.69, 9.17) is 15.6 Å². The van der Waals surface area contributed by atoms with Crippen LogP contribution in [0.25, 0.3) is 22.3 Å². The van der Waals surface area contributed by atoms with Crippen molar-refractivity contribution < 1.29 is 18.7 Å². The number of fused-ring (bicyclic) bond motifs is 1. The van der Waals surface area contributed by atoms with Gasteiger partial charge in [-0.15, -0.1) is 0 Å². The Morgan fingerprint density at radius 2 is 1.71 bits per heavy atom. The Balaban J connectivity index is 1.05. The smallest absolute Gasteiger partial charge is 0.235 e. The summed E-state index contributed by atoms with van der Waals surface area (Å²) in [7, 11) is 0. The molecular weight excluding hydrogens is 577 g/mol. The fourth-order valence-electron chi connectivity index (χ4n) is 5.99. The van der Waals surface area contributed by atoms with Gasteiger partial charge >= 0.3 is 0 Å². The molecule has 0 spiro atoms. The van der Waals surface area contributed by atoms with Crippen molar-refractivity contribution in [3.05, 3.63) is 84.2 Å². The standard InChI is InChI=1S/C32H30FN9O3/c33-25-16-20(38-39-29(25)24-10-11-26(43)37-32(24)44)17-41-14-12-21(13-15-41)42-31-27(30(34)35-18-36-31)28(40-42)19-6-8-23(9-7-19)45-22-4-2-1-3-5-22/h1-9,16,18,21,24H,10-15,17H2,(H2,34,35,36)(H,37,43,44). The molecule has 2 fully saturated rings. The highest BCUT2D eigenvalue weighted by atomic mass is 19.1. The van der Waals surface area contributed by atoms with Crippen molar-refractivity contribution in [1.29, 1.82) is 0 Å². The molecule has 0 bridgehead atoms. The van der Waals surface area contributed by atoms with Crippen LogP contribution >= 0.6 is 0 Å². The van der Waals surface area contributed by atoms with Crippen LogP contribution in [-0.4, -0.2) is 59.7 Å². The number of nitrogens with zero attached hydrogens (tertiary/aromatic N) is 7. The maximum absolute atomic E-state index is 15.0.